The second kappa shape index (κ2) is 7.51. The van der Waals surface area contributed by atoms with Crippen molar-refractivity contribution < 1.29 is 17.5 Å². The maximum Gasteiger partial charge on any atom is 0.297 e. The van der Waals surface area contributed by atoms with Gasteiger partial charge in [-0.25, -0.2) is 0 Å². The quantitative estimate of drug-likeness (QED) is 0.186. The van der Waals surface area contributed by atoms with Crippen molar-refractivity contribution in [2.45, 2.75) is 25.3 Å². The molecule has 7 heteroatoms. The van der Waals surface area contributed by atoms with E-state index < -0.39 is 15.0 Å². The van der Waals surface area contributed by atoms with Crippen molar-refractivity contribution in [1.29, 1.82) is 0 Å². The Balaban J connectivity index is 1.68. The molecule has 4 rings (SSSR count). The second-order valence-electron chi connectivity index (χ2n) is 7.14. The molecule has 4 aromatic rings. The van der Waals surface area contributed by atoms with Gasteiger partial charge in [0.15, 0.2) is 0 Å². The van der Waals surface area contributed by atoms with Crippen LogP contribution >= 0.6 is 0 Å². The summed E-state index contributed by atoms with van der Waals surface area (Å²) in [6.07, 6.45) is 0. The van der Waals surface area contributed by atoms with E-state index in [0.29, 0.717) is 5.56 Å². The van der Waals surface area contributed by atoms with Crippen molar-refractivity contribution in [3.05, 3.63) is 93.5 Å². The third-order valence-corrected chi connectivity index (χ3v) is 6.61. The zero-order valence-electron chi connectivity index (χ0n) is 16.5. The molecule has 0 aliphatic carbocycles. The minimum Gasteiger partial charge on any atom is -0.262 e. The lowest BCUT2D eigenvalue weighted by atomic mass is 9.93. The Morgan fingerprint density at radius 2 is 1.40 bits per heavy atom. The van der Waals surface area contributed by atoms with E-state index in [-0.39, 0.29) is 17.2 Å². The maximum absolute atomic E-state index is 12.8. The lowest BCUT2D eigenvalue weighted by Crippen LogP contribution is -2.07. The Labute approximate surface area is 174 Å². The molecule has 152 valence electrons. The van der Waals surface area contributed by atoms with Gasteiger partial charge in [-0.1, -0.05) is 30.3 Å². The number of hydrogen-bond donors (Lipinski definition) is 0. The number of rotatable bonds is 5. The highest BCUT2D eigenvalue weighted by Gasteiger charge is 2.18. The summed E-state index contributed by atoms with van der Waals surface area (Å²) >= 11 is 0. The number of fused-ring (bicyclic) bond motifs is 2. The number of benzene rings is 4. The molecule has 30 heavy (non-hydrogen) atoms. The number of nitro groups is 1. The zero-order valence-corrected chi connectivity index (χ0v) is 17.3. The van der Waals surface area contributed by atoms with Gasteiger partial charge in [-0.05, 0) is 76.3 Å². The molecule has 0 heterocycles. The molecule has 0 spiro atoms. The molecule has 0 amide bonds. The fraction of sp³-hybridized carbons (Fsp3) is 0.130. The number of aryl methyl sites for hydroxylation is 2. The second-order valence-corrected chi connectivity index (χ2v) is 8.76. The Hall–Kier alpha value is -3.29. The summed E-state index contributed by atoms with van der Waals surface area (Å²) in [6.45, 7) is 3.82. The fourth-order valence-corrected chi connectivity index (χ4v) is 4.60. The van der Waals surface area contributed by atoms with Crippen LogP contribution in [0.3, 0.4) is 0 Å². The van der Waals surface area contributed by atoms with Crippen LogP contribution in [0.25, 0.3) is 21.5 Å². The first-order valence-corrected chi connectivity index (χ1v) is 10.7. The molecule has 0 saturated heterocycles. The van der Waals surface area contributed by atoms with Crippen molar-refractivity contribution in [2.75, 3.05) is 0 Å². The minimum absolute atomic E-state index is 0.0609. The van der Waals surface area contributed by atoms with Crippen LogP contribution in [0.4, 0.5) is 5.69 Å². The van der Waals surface area contributed by atoms with Gasteiger partial charge in [0.2, 0.25) is 0 Å². The highest BCUT2D eigenvalue weighted by atomic mass is 32.2. The molecule has 0 aromatic heterocycles. The van der Waals surface area contributed by atoms with Gasteiger partial charge in [0.1, 0.15) is 0 Å². The van der Waals surface area contributed by atoms with Crippen LogP contribution in [0.15, 0.2) is 71.6 Å². The summed E-state index contributed by atoms with van der Waals surface area (Å²) in [5.74, 6) is 0. The third-order valence-electron chi connectivity index (χ3n) is 5.35. The summed E-state index contributed by atoms with van der Waals surface area (Å²) in [5.41, 5.74) is 2.58. The van der Waals surface area contributed by atoms with Gasteiger partial charge in [0.05, 0.1) is 16.4 Å². The fourth-order valence-electron chi connectivity index (χ4n) is 3.67. The van der Waals surface area contributed by atoms with Crippen LogP contribution in [0.2, 0.25) is 0 Å². The molecule has 0 fully saturated rings. The lowest BCUT2D eigenvalue weighted by molar-refractivity contribution is -0.384. The van der Waals surface area contributed by atoms with E-state index >= 15 is 0 Å². The summed E-state index contributed by atoms with van der Waals surface area (Å²) in [5, 5.41) is 14.8. The van der Waals surface area contributed by atoms with Crippen LogP contribution in [0, 0.1) is 24.0 Å². The number of nitrogens with zero attached hydrogens (tertiary/aromatic N) is 1. The Bertz CT molecular complexity index is 1390. The Morgan fingerprint density at radius 3 is 2.00 bits per heavy atom. The van der Waals surface area contributed by atoms with Crippen molar-refractivity contribution in [2.24, 2.45) is 0 Å². The van der Waals surface area contributed by atoms with Crippen molar-refractivity contribution >= 4 is 37.4 Å². The highest BCUT2D eigenvalue weighted by Crippen LogP contribution is 2.33. The van der Waals surface area contributed by atoms with Crippen LogP contribution < -0.4 is 0 Å². The van der Waals surface area contributed by atoms with E-state index in [4.69, 9.17) is 4.18 Å². The van der Waals surface area contributed by atoms with Crippen LogP contribution in [-0.4, -0.2) is 13.3 Å². The topological polar surface area (TPSA) is 86.5 Å². The van der Waals surface area contributed by atoms with E-state index in [2.05, 4.69) is 6.07 Å². The lowest BCUT2D eigenvalue weighted by Gasteiger charge is -2.13. The molecule has 4 aromatic carbocycles. The average Bonchev–Trinajstić information content (AvgIpc) is 2.76. The van der Waals surface area contributed by atoms with Gasteiger partial charge in [-0.2, -0.15) is 8.42 Å². The standard InChI is InChI=1S/C23H19NO5S/c1-15-20-5-3-4-6-21(20)16(2)23-13-19(11-12-22(15)23)30(27,28)29-14-17-7-9-18(10-8-17)24(25)26/h3-13H,14H2,1-2H3. The van der Waals surface area contributed by atoms with Crippen LogP contribution in [0.1, 0.15) is 16.7 Å². The van der Waals surface area contributed by atoms with Gasteiger partial charge in [-0.3, -0.25) is 14.3 Å². The number of hydrogen-bond acceptors (Lipinski definition) is 5. The smallest absolute Gasteiger partial charge is 0.262 e. The predicted octanol–water partition coefficient (Wildman–Crippen LogP) is 5.42. The van der Waals surface area contributed by atoms with Gasteiger partial charge in [0.25, 0.3) is 15.8 Å². The zero-order chi connectivity index (χ0) is 21.5. The predicted molar refractivity (Wildman–Crippen MR) is 116 cm³/mol. The molecular formula is C23H19NO5S. The maximum atomic E-state index is 12.8. The van der Waals surface area contributed by atoms with Crippen molar-refractivity contribution in [3.63, 3.8) is 0 Å². The molecular weight excluding hydrogens is 402 g/mol. The first kappa shape index (κ1) is 20.0. The molecule has 0 atom stereocenters. The van der Waals surface area contributed by atoms with Gasteiger partial charge < -0.3 is 0 Å². The van der Waals surface area contributed by atoms with E-state index in [1.54, 1.807) is 12.1 Å². The highest BCUT2D eigenvalue weighted by molar-refractivity contribution is 7.86. The van der Waals surface area contributed by atoms with E-state index in [9.17, 15) is 18.5 Å². The third kappa shape index (κ3) is 3.53. The number of non-ortho nitro benzene ring substituents is 1. The van der Waals surface area contributed by atoms with Gasteiger partial charge in [0, 0.05) is 12.1 Å². The Kier molecular flexibility index (Phi) is 5.01. The molecule has 0 N–H and O–H groups in total. The number of nitro benzene ring substituents is 1. The van der Waals surface area contributed by atoms with Crippen molar-refractivity contribution in [3.8, 4) is 0 Å². The molecule has 0 radical (unpaired) electrons. The summed E-state index contributed by atoms with van der Waals surface area (Å²) in [6, 6.07) is 18.7. The van der Waals surface area contributed by atoms with E-state index in [1.807, 2.05) is 38.1 Å². The minimum atomic E-state index is -3.99. The molecule has 6 nitrogen and oxygen atoms in total. The van der Waals surface area contributed by atoms with Gasteiger partial charge >= 0.3 is 0 Å². The molecule has 0 aliphatic heterocycles. The SMILES string of the molecule is Cc1c2ccccc2c(C)c2cc(S(=O)(=O)OCc3ccc([N+](=O)[O-])cc3)ccc12. The monoisotopic (exact) mass is 421 g/mol. The molecule has 0 saturated carbocycles. The summed E-state index contributed by atoms with van der Waals surface area (Å²) in [4.78, 5) is 10.3. The molecule has 0 aliphatic rings. The van der Waals surface area contributed by atoms with Crippen LogP contribution in [-0.2, 0) is 20.9 Å². The van der Waals surface area contributed by atoms with Gasteiger partial charge in [-0.15, -0.1) is 0 Å². The largest absolute Gasteiger partial charge is 0.297 e. The summed E-state index contributed by atoms with van der Waals surface area (Å²) < 4.78 is 30.7. The first-order chi connectivity index (χ1) is 14.3. The molecule has 0 unspecified atom stereocenters. The van der Waals surface area contributed by atoms with E-state index in [1.165, 1.54) is 24.3 Å². The average molecular weight is 421 g/mol. The first-order valence-electron chi connectivity index (χ1n) is 9.32. The summed E-state index contributed by atoms with van der Waals surface area (Å²) in [7, 11) is -3.99. The van der Waals surface area contributed by atoms with E-state index in [0.717, 1.165) is 32.7 Å². The molecule has 0 bridgehead atoms. The normalized spacial score (nSPS) is 11.8. The Morgan fingerprint density at radius 1 is 0.833 bits per heavy atom. The van der Waals surface area contributed by atoms with Crippen LogP contribution in [0.5, 0.6) is 0 Å². The van der Waals surface area contributed by atoms with Crippen molar-refractivity contribution in [1.82, 2.24) is 0 Å².